The highest BCUT2D eigenvalue weighted by atomic mass is 35.5. The number of hydrogen-bond acceptors (Lipinski definition) is 2. The fourth-order valence-corrected chi connectivity index (χ4v) is 1.87. The molecule has 0 atom stereocenters. The van der Waals surface area contributed by atoms with E-state index in [4.69, 9.17) is 21.1 Å². The molecule has 3 nitrogen and oxygen atoms in total. The molecule has 0 unspecified atom stereocenters. The van der Waals surface area contributed by atoms with Gasteiger partial charge in [-0.1, -0.05) is 11.6 Å². The number of hydrogen-bond donors (Lipinski definition) is 1. The highest BCUT2D eigenvalue weighted by Gasteiger charge is 2.33. The van der Waals surface area contributed by atoms with E-state index < -0.39 is 22.7 Å². The molecular formula is C14H8ClF3O3. The lowest BCUT2D eigenvalue weighted by molar-refractivity contribution is -0.137. The first-order valence-electron chi connectivity index (χ1n) is 5.65. The van der Waals surface area contributed by atoms with Crippen LogP contribution in [0.4, 0.5) is 13.2 Å². The number of halogens is 4. The van der Waals surface area contributed by atoms with Crippen molar-refractivity contribution in [3.63, 3.8) is 0 Å². The molecule has 0 spiro atoms. The third kappa shape index (κ3) is 3.66. The van der Waals surface area contributed by atoms with Crippen LogP contribution in [0.15, 0.2) is 40.8 Å². The molecule has 0 amide bonds. The zero-order valence-electron chi connectivity index (χ0n) is 10.3. The van der Waals surface area contributed by atoms with E-state index >= 15 is 0 Å². The van der Waals surface area contributed by atoms with Gasteiger partial charge in [-0.15, -0.1) is 0 Å². The van der Waals surface area contributed by atoms with Crippen molar-refractivity contribution < 1.29 is 27.5 Å². The summed E-state index contributed by atoms with van der Waals surface area (Å²) >= 11 is 5.53. The maximum atomic E-state index is 12.8. The summed E-state index contributed by atoms with van der Waals surface area (Å²) in [7, 11) is 0. The second-order valence-corrected chi connectivity index (χ2v) is 4.47. The van der Waals surface area contributed by atoms with Gasteiger partial charge in [0.15, 0.2) is 0 Å². The Bertz CT molecular complexity index is 702. The number of rotatable bonds is 3. The summed E-state index contributed by atoms with van der Waals surface area (Å²) in [4.78, 5) is 10.4. The van der Waals surface area contributed by atoms with Crippen LogP contribution in [0, 0.1) is 0 Å². The summed E-state index contributed by atoms with van der Waals surface area (Å²) in [5.41, 5.74) is -0.762. The molecule has 0 aliphatic heterocycles. The first-order chi connectivity index (χ1) is 9.77. The van der Waals surface area contributed by atoms with Gasteiger partial charge in [0.1, 0.15) is 11.5 Å². The Morgan fingerprint density at radius 3 is 2.57 bits per heavy atom. The first-order valence-corrected chi connectivity index (χ1v) is 6.03. The molecule has 110 valence electrons. The number of benzene rings is 1. The maximum absolute atomic E-state index is 12.8. The monoisotopic (exact) mass is 316 g/mol. The minimum Gasteiger partial charge on any atom is -0.478 e. The van der Waals surface area contributed by atoms with Crippen LogP contribution in [0.5, 0.6) is 0 Å². The highest BCUT2D eigenvalue weighted by molar-refractivity contribution is 6.31. The lowest BCUT2D eigenvalue weighted by atomic mass is 10.1. The molecule has 0 aliphatic rings. The molecule has 2 aromatic rings. The average Bonchev–Trinajstić information content (AvgIpc) is 2.84. The Morgan fingerprint density at radius 2 is 1.95 bits per heavy atom. The Balaban J connectivity index is 2.37. The van der Waals surface area contributed by atoms with Crippen LogP contribution in [-0.2, 0) is 11.0 Å². The van der Waals surface area contributed by atoms with Crippen molar-refractivity contribution in [3.8, 4) is 11.3 Å². The number of alkyl halides is 3. The van der Waals surface area contributed by atoms with Crippen LogP contribution in [-0.4, -0.2) is 11.1 Å². The average molecular weight is 317 g/mol. The Kier molecular flexibility index (Phi) is 4.09. The third-order valence-electron chi connectivity index (χ3n) is 2.57. The molecule has 7 heteroatoms. The Hall–Kier alpha value is -2.21. The third-order valence-corrected chi connectivity index (χ3v) is 2.90. The number of carboxylic acid groups (broad SMARTS) is 1. The zero-order chi connectivity index (χ0) is 15.6. The molecule has 0 bridgehead atoms. The SMILES string of the molecule is O=C(O)/C=C/c1ccc(-c2ccc(Cl)c(C(F)(F)F)c2)o1. The van der Waals surface area contributed by atoms with Crippen LogP contribution >= 0.6 is 11.6 Å². The van der Waals surface area contributed by atoms with Crippen molar-refractivity contribution in [2.75, 3.05) is 0 Å². The number of aliphatic carboxylic acids is 1. The van der Waals surface area contributed by atoms with Crippen LogP contribution in [0.3, 0.4) is 0 Å². The molecule has 0 fully saturated rings. The zero-order valence-corrected chi connectivity index (χ0v) is 11.1. The molecule has 1 N–H and O–H groups in total. The normalized spacial score (nSPS) is 12.0. The number of carboxylic acids is 1. The summed E-state index contributed by atoms with van der Waals surface area (Å²) in [5, 5.41) is 8.09. The van der Waals surface area contributed by atoms with E-state index in [0.717, 1.165) is 18.2 Å². The fourth-order valence-electron chi connectivity index (χ4n) is 1.65. The smallest absolute Gasteiger partial charge is 0.417 e. The van der Waals surface area contributed by atoms with Gasteiger partial charge in [0.2, 0.25) is 0 Å². The van der Waals surface area contributed by atoms with Crippen molar-refractivity contribution in [3.05, 3.63) is 52.8 Å². The summed E-state index contributed by atoms with van der Waals surface area (Å²) in [6.07, 6.45) is -2.50. The molecule has 1 aromatic carbocycles. The lowest BCUT2D eigenvalue weighted by Crippen LogP contribution is -2.05. The largest absolute Gasteiger partial charge is 0.478 e. The quantitative estimate of drug-likeness (QED) is 0.834. The van der Waals surface area contributed by atoms with E-state index in [-0.39, 0.29) is 17.1 Å². The molecule has 0 aliphatic carbocycles. The fraction of sp³-hybridized carbons (Fsp3) is 0.0714. The van der Waals surface area contributed by atoms with Crippen LogP contribution in [0.25, 0.3) is 17.4 Å². The number of furan rings is 1. The summed E-state index contributed by atoms with van der Waals surface area (Å²) in [6.45, 7) is 0. The Morgan fingerprint density at radius 1 is 1.24 bits per heavy atom. The van der Waals surface area contributed by atoms with E-state index in [2.05, 4.69) is 0 Å². The van der Waals surface area contributed by atoms with Gasteiger partial charge in [0.25, 0.3) is 0 Å². The molecule has 21 heavy (non-hydrogen) atoms. The first kappa shape index (κ1) is 15.2. The molecule has 2 rings (SSSR count). The highest BCUT2D eigenvalue weighted by Crippen LogP contribution is 2.37. The predicted octanol–water partition coefficient (Wildman–Crippen LogP) is 4.72. The van der Waals surface area contributed by atoms with Crippen LogP contribution < -0.4 is 0 Å². The van der Waals surface area contributed by atoms with E-state index in [0.29, 0.717) is 0 Å². The molecule has 0 saturated carbocycles. The minimum atomic E-state index is -4.56. The summed E-state index contributed by atoms with van der Waals surface area (Å²) < 4.78 is 43.6. The topological polar surface area (TPSA) is 50.4 Å². The predicted molar refractivity (Wildman–Crippen MR) is 70.8 cm³/mol. The van der Waals surface area contributed by atoms with Crippen LogP contribution in [0.2, 0.25) is 5.02 Å². The van der Waals surface area contributed by atoms with E-state index in [1.54, 1.807) is 0 Å². The Labute approximate surface area is 122 Å². The number of carbonyl (C=O) groups is 1. The maximum Gasteiger partial charge on any atom is 0.417 e. The van der Waals surface area contributed by atoms with Gasteiger partial charge < -0.3 is 9.52 Å². The van der Waals surface area contributed by atoms with Gasteiger partial charge in [-0.2, -0.15) is 13.2 Å². The van der Waals surface area contributed by atoms with Gasteiger partial charge in [-0.3, -0.25) is 0 Å². The molecule has 0 radical (unpaired) electrons. The standard InChI is InChI=1S/C14H8ClF3O3/c15-11-4-1-8(7-10(11)14(16,17)18)12-5-2-9(21-12)3-6-13(19)20/h1-7H,(H,19,20)/b6-3+. The van der Waals surface area contributed by atoms with E-state index in [1.807, 2.05) is 0 Å². The van der Waals surface area contributed by atoms with Gasteiger partial charge in [0.05, 0.1) is 10.6 Å². The molecule has 1 heterocycles. The van der Waals surface area contributed by atoms with E-state index in [1.165, 1.54) is 24.3 Å². The summed E-state index contributed by atoms with van der Waals surface area (Å²) in [6, 6.07) is 6.31. The second-order valence-electron chi connectivity index (χ2n) is 4.07. The van der Waals surface area contributed by atoms with Gasteiger partial charge in [0, 0.05) is 11.6 Å². The lowest BCUT2D eigenvalue weighted by Gasteiger charge is -2.09. The molecule has 0 saturated heterocycles. The van der Waals surface area contributed by atoms with Gasteiger partial charge in [-0.05, 0) is 36.4 Å². The van der Waals surface area contributed by atoms with Crippen molar-refractivity contribution >= 4 is 23.6 Å². The minimum absolute atomic E-state index is 0.183. The van der Waals surface area contributed by atoms with Crippen molar-refractivity contribution in [1.29, 1.82) is 0 Å². The molecule has 1 aromatic heterocycles. The van der Waals surface area contributed by atoms with Crippen LogP contribution in [0.1, 0.15) is 11.3 Å². The van der Waals surface area contributed by atoms with Gasteiger partial charge >= 0.3 is 12.1 Å². The van der Waals surface area contributed by atoms with Gasteiger partial charge in [-0.25, -0.2) is 4.79 Å². The second kappa shape index (κ2) is 5.65. The van der Waals surface area contributed by atoms with Crippen molar-refractivity contribution in [1.82, 2.24) is 0 Å². The van der Waals surface area contributed by atoms with E-state index in [9.17, 15) is 18.0 Å². The summed E-state index contributed by atoms with van der Waals surface area (Å²) in [5.74, 6) is -0.753. The molecular weight excluding hydrogens is 309 g/mol. The van der Waals surface area contributed by atoms with Crippen molar-refractivity contribution in [2.24, 2.45) is 0 Å². The van der Waals surface area contributed by atoms with Crippen molar-refractivity contribution in [2.45, 2.75) is 6.18 Å².